The van der Waals surface area contributed by atoms with Gasteiger partial charge in [0.1, 0.15) is 17.7 Å². The molecule has 4 rings (SSSR count). The molecule has 1 aromatic heterocycles. The number of hydrogen-bond donors (Lipinski definition) is 2. The first-order chi connectivity index (χ1) is 11.0. The maximum absolute atomic E-state index is 12.5. The van der Waals surface area contributed by atoms with E-state index >= 15 is 0 Å². The van der Waals surface area contributed by atoms with Crippen LogP contribution in [0.1, 0.15) is 37.1 Å². The highest BCUT2D eigenvalue weighted by atomic mass is 32.2. The Labute approximate surface area is 135 Å². The van der Waals surface area contributed by atoms with Gasteiger partial charge in [-0.05, 0) is 43.5 Å². The summed E-state index contributed by atoms with van der Waals surface area (Å²) in [6, 6.07) is 5.06. The SMILES string of the molecule is CC1Cc2cc(S(=O)(=O)NC3CC(c4ncc[nH]4)C3)ccc2O1. The van der Waals surface area contributed by atoms with Crippen molar-refractivity contribution in [2.24, 2.45) is 0 Å². The van der Waals surface area contributed by atoms with Crippen LogP contribution in [0, 0.1) is 0 Å². The number of imidazole rings is 1. The second-order valence-corrected chi connectivity index (χ2v) is 8.08. The fourth-order valence-electron chi connectivity index (χ4n) is 3.29. The number of hydrogen-bond acceptors (Lipinski definition) is 4. The average Bonchev–Trinajstić information content (AvgIpc) is 3.09. The summed E-state index contributed by atoms with van der Waals surface area (Å²) in [5.74, 6) is 2.04. The summed E-state index contributed by atoms with van der Waals surface area (Å²) in [6.45, 7) is 1.98. The fourth-order valence-corrected chi connectivity index (χ4v) is 4.60. The third-order valence-corrected chi connectivity index (χ3v) is 6.06. The molecule has 2 heterocycles. The second-order valence-electron chi connectivity index (χ2n) is 6.36. The van der Waals surface area contributed by atoms with Crippen LogP contribution in [0.2, 0.25) is 0 Å². The van der Waals surface area contributed by atoms with Crippen molar-refractivity contribution in [3.05, 3.63) is 42.0 Å². The number of sulfonamides is 1. The molecule has 0 spiro atoms. The molecule has 6 nitrogen and oxygen atoms in total. The van der Waals surface area contributed by atoms with Crippen LogP contribution >= 0.6 is 0 Å². The van der Waals surface area contributed by atoms with E-state index in [4.69, 9.17) is 4.74 Å². The Morgan fingerprint density at radius 1 is 1.35 bits per heavy atom. The molecule has 0 amide bonds. The maximum Gasteiger partial charge on any atom is 0.240 e. The third kappa shape index (κ3) is 2.74. The van der Waals surface area contributed by atoms with Gasteiger partial charge in [0.05, 0.1) is 4.90 Å². The Morgan fingerprint density at radius 3 is 2.91 bits per heavy atom. The van der Waals surface area contributed by atoms with Gasteiger partial charge >= 0.3 is 0 Å². The Balaban J connectivity index is 1.44. The zero-order valence-electron chi connectivity index (χ0n) is 12.8. The van der Waals surface area contributed by atoms with Gasteiger partial charge in [-0.1, -0.05) is 0 Å². The van der Waals surface area contributed by atoms with Crippen LogP contribution in [0.25, 0.3) is 0 Å². The molecule has 1 aliphatic heterocycles. The summed E-state index contributed by atoms with van der Waals surface area (Å²) in [6.07, 6.45) is 5.93. The van der Waals surface area contributed by atoms with E-state index in [1.807, 2.05) is 6.92 Å². The van der Waals surface area contributed by atoms with Crippen LogP contribution in [0.15, 0.2) is 35.5 Å². The molecule has 7 heteroatoms. The molecule has 122 valence electrons. The summed E-state index contributed by atoms with van der Waals surface area (Å²) in [5.41, 5.74) is 0.961. The van der Waals surface area contributed by atoms with Crippen molar-refractivity contribution in [1.29, 1.82) is 0 Å². The molecule has 0 saturated heterocycles. The lowest BCUT2D eigenvalue weighted by Gasteiger charge is -2.34. The largest absolute Gasteiger partial charge is 0.490 e. The van der Waals surface area contributed by atoms with E-state index in [0.717, 1.165) is 36.4 Å². The van der Waals surface area contributed by atoms with E-state index in [2.05, 4.69) is 14.7 Å². The molecule has 0 radical (unpaired) electrons. The van der Waals surface area contributed by atoms with Crippen LogP contribution in [0.4, 0.5) is 0 Å². The van der Waals surface area contributed by atoms with Crippen molar-refractivity contribution >= 4 is 10.0 Å². The molecule has 1 saturated carbocycles. The number of aromatic nitrogens is 2. The van der Waals surface area contributed by atoms with Crippen molar-refractivity contribution in [3.8, 4) is 5.75 Å². The number of fused-ring (bicyclic) bond motifs is 1. The van der Waals surface area contributed by atoms with E-state index in [1.165, 1.54) is 0 Å². The summed E-state index contributed by atoms with van der Waals surface area (Å²) in [7, 11) is -3.49. The minimum Gasteiger partial charge on any atom is -0.490 e. The van der Waals surface area contributed by atoms with E-state index in [9.17, 15) is 8.42 Å². The Hall–Kier alpha value is -1.86. The molecule has 2 N–H and O–H groups in total. The molecule has 1 aromatic carbocycles. The molecule has 2 aromatic rings. The molecule has 1 aliphatic carbocycles. The Morgan fingerprint density at radius 2 is 2.17 bits per heavy atom. The highest BCUT2D eigenvalue weighted by molar-refractivity contribution is 7.89. The van der Waals surface area contributed by atoms with E-state index in [1.54, 1.807) is 30.6 Å². The van der Waals surface area contributed by atoms with Crippen molar-refractivity contribution in [2.75, 3.05) is 0 Å². The van der Waals surface area contributed by atoms with Gasteiger partial charge in [-0.15, -0.1) is 0 Å². The lowest BCUT2D eigenvalue weighted by atomic mass is 9.80. The van der Waals surface area contributed by atoms with Gasteiger partial charge in [-0.2, -0.15) is 0 Å². The number of aromatic amines is 1. The predicted molar refractivity (Wildman–Crippen MR) is 84.9 cm³/mol. The fraction of sp³-hybridized carbons (Fsp3) is 0.438. The van der Waals surface area contributed by atoms with Gasteiger partial charge in [-0.3, -0.25) is 0 Å². The number of benzene rings is 1. The first-order valence-corrected chi connectivity index (χ1v) is 9.31. The maximum atomic E-state index is 12.5. The molecule has 1 atom stereocenters. The Kier molecular flexibility index (Phi) is 3.42. The number of nitrogens with one attached hydrogen (secondary N) is 2. The van der Waals surface area contributed by atoms with Crippen molar-refractivity contribution in [2.45, 2.75) is 49.1 Å². The number of ether oxygens (including phenoxy) is 1. The van der Waals surface area contributed by atoms with Gasteiger partial charge in [0.25, 0.3) is 0 Å². The molecular formula is C16H19N3O3S. The second kappa shape index (κ2) is 5.35. The van der Waals surface area contributed by atoms with Crippen molar-refractivity contribution in [1.82, 2.24) is 14.7 Å². The minimum atomic E-state index is -3.49. The Bertz CT molecular complexity index is 811. The number of H-pyrrole nitrogens is 1. The zero-order valence-corrected chi connectivity index (χ0v) is 13.6. The highest BCUT2D eigenvalue weighted by Gasteiger charge is 2.35. The van der Waals surface area contributed by atoms with E-state index in [0.29, 0.717) is 10.8 Å². The van der Waals surface area contributed by atoms with Crippen molar-refractivity contribution in [3.63, 3.8) is 0 Å². The van der Waals surface area contributed by atoms with Gasteiger partial charge in [0.2, 0.25) is 10.0 Å². The highest BCUT2D eigenvalue weighted by Crippen LogP contribution is 2.36. The molecule has 23 heavy (non-hydrogen) atoms. The van der Waals surface area contributed by atoms with E-state index in [-0.39, 0.29) is 12.1 Å². The minimum absolute atomic E-state index is 0.0291. The van der Waals surface area contributed by atoms with Crippen LogP contribution in [0.5, 0.6) is 5.75 Å². The van der Waals surface area contributed by atoms with Gasteiger partial charge in [-0.25, -0.2) is 18.1 Å². The summed E-state index contributed by atoms with van der Waals surface area (Å²) >= 11 is 0. The quantitative estimate of drug-likeness (QED) is 0.896. The van der Waals surface area contributed by atoms with Crippen LogP contribution in [0.3, 0.4) is 0 Å². The summed E-state index contributed by atoms with van der Waals surface area (Å²) in [5, 5.41) is 0. The smallest absolute Gasteiger partial charge is 0.240 e. The number of rotatable bonds is 4. The topological polar surface area (TPSA) is 84.1 Å². The molecule has 1 unspecified atom stereocenters. The van der Waals surface area contributed by atoms with E-state index < -0.39 is 10.0 Å². The van der Waals surface area contributed by atoms with Crippen molar-refractivity contribution < 1.29 is 13.2 Å². The third-order valence-electron chi connectivity index (χ3n) is 4.54. The zero-order chi connectivity index (χ0) is 16.0. The first-order valence-electron chi connectivity index (χ1n) is 7.82. The summed E-state index contributed by atoms with van der Waals surface area (Å²) in [4.78, 5) is 7.63. The molecular weight excluding hydrogens is 314 g/mol. The van der Waals surface area contributed by atoms with Crippen LogP contribution < -0.4 is 9.46 Å². The van der Waals surface area contributed by atoms with Gasteiger partial charge in [0, 0.05) is 30.8 Å². The average molecular weight is 333 g/mol. The normalized spacial score (nSPS) is 26.4. The van der Waals surface area contributed by atoms with Gasteiger partial charge < -0.3 is 9.72 Å². The first kappa shape index (κ1) is 14.7. The molecule has 1 fully saturated rings. The molecule has 0 bridgehead atoms. The van der Waals surface area contributed by atoms with Crippen LogP contribution in [-0.4, -0.2) is 30.5 Å². The van der Waals surface area contributed by atoms with Gasteiger partial charge in [0.15, 0.2) is 0 Å². The standard InChI is InChI=1S/C16H19N3O3S/c1-10-6-11-9-14(2-3-15(11)22-10)23(20,21)19-13-7-12(8-13)16-17-4-5-18-16/h2-5,9-10,12-13,19H,6-8H2,1H3,(H,17,18). The monoisotopic (exact) mass is 333 g/mol. The predicted octanol–water partition coefficient (Wildman–Crippen LogP) is 1.96. The lowest BCUT2D eigenvalue weighted by Crippen LogP contribution is -2.43. The molecule has 2 aliphatic rings. The summed E-state index contributed by atoms with van der Waals surface area (Å²) < 4.78 is 33.5. The lowest BCUT2D eigenvalue weighted by molar-refractivity contribution is 0.254. The number of nitrogens with zero attached hydrogens (tertiary/aromatic N) is 1. The van der Waals surface area contributed by atoms with Crippen LogP contribution in [-0.2, 0) is 16.4 Å².